The van der Waals surface area contributed by atoms with Crippen molar-refractivity contribution in [3.05, 3.63) is 82.7 Å². The number of anilines is 2. The number of nitrogens with one attached hydrogen (secondary N) is 2. The van der Waals surface area contributed by atoms with Crippen molar-refractivity contribution < 1.29 is 29.0 Å². The summed E-state index contributed by atoms with van der Waals surface area (Å²) in [6, 6.07) is 11.5. The standard InChI is InChI=1S/C29H28N8O6/c1-43-28(42)21(7-4-14-32-26(39)19-5-2-3-6-20(19)27(40)41)35-25(38)17-11-8-16(9-12-17)10-13-18-15-33-24-22(34-18)23(30)36-29(31)37-24/h2-3,5-6,8-13,15,21H,4,7,14H2,1H3,(H,32,39)(H,35,38)(H,40,41)(H4,30,31,33,36,37)/b13-10+. The van der Waals surface area contributed by atoms with Gasteiger partial charge in [0, 0.05) is 12.1 Å². The van der Waals surface area contributed by atoms with Gasteiger partial charge in [-0.25, -0.2) is 19.6 Å². The van der Waals surface area contributed by atoms with E-state index in [-0.39, 0.29) is 41.5 Å². The van der Waals surface area contributed by atoms with Crippen LogP contribution in [0, 0.1) is 0 Å². The summed E-state index contributed by atoms with van der Waals surface area (Å²) < 4.78 is 4.82. The van der Waals surface area contributed by atoms with Crippen LogP contribution < -0.4 is 22.1 Å². The Morgan fingerprint density at radius 3 is 2.37 bits per heavy atom. The number of methoxy groups -OCH3 is 1. The highest BCUT2D eigenvalue weighted by molar-refractivity contribution is 6.04. The number of esters is 1. The number of carbonyl (C=O) groups excluding carboxylic acids is 3. The second-order valence-electron chi connectivity index (χ2n) is 9.19. The van der Waals surface area contributed by atoms with Crippen LogP contribution in [0.1, 0.15) is 55.2 Å². The van der Waals surface area contributed by atoms with Crippen molar-refractivity contribution in [3.8, 4) is 0 Å². The summed E-state index contributed by atoms with van der Waals surface area (Å²) in [5.74, 6) is -2.76. The van der Waals surface area contributed by atoms with Gasteiger partial charge in [-0.05, 0) is 48.7 Å². The van der Waals surface area contributed by atoms with Crippen LogP contribution in [0.25, 0.3) is 23.3 Å². The van der Waals surface area contributed by atoms with Gasteiger partial charge < -0.3 is 31.9 Å². The number of carbonyl (C=O) groups is 4. The molecule has 2 aromatic heterocycles. The third kappa shape index (κ3) is 7.64. The SMILES string of the molecule is COC(=O)C(CCCNC(=O)c1ccccc1C(=O)O)NC(=O)c1ccc(/C=C/c2cnc3nc(N)nc(N)c3n2)cc1. The van der Waals surface area contributed by atoms with Gasteiger partial charge >= 0.3 is 11.9 Å². The van der Waals surface area contributed by atoms with Gasteiger partial charge in [0.1, 0.15) is 6.04 Å². The molecule has 2 aromatic carbocycles. The van der Waals surface area contributed by atoms with Gasteiger partial charge in [0.15, 0.2) is 17.0 Å². The van der Waals surface area contributed by atoms with Crippen molar-refractivity contribution >= 4 is 58.8 Å². The number of rotatable bonds is 11. The Bertz CT molecular complexity index is 1710. The topological polar surface area (TPSA) is 225 Å². The molecule has 0 saturated heterocycles. The van der Waals surface area contributed by atoms with Crippen LogP contribution in [0.2, 0.25) is 0 Å². The third-order valence-electron chi connectivity index (χ3n) is 6.24. The van der Waals surface area contributed by atoms with E-state index in [2.05, 4.69) is 30.6 Å². The Hall–Kier alpha value is -5.92. The number of aromatic carboxylic acids is 1. The second kappa shape index (κ2) is 13.6. The maximum atomic E-state index is 12.9. The lowest BCUT2D eigenvalue weighted by Gasteiger charge is -2.17. The van der Waals surface area contributed by atoms with E-state index < -0.39 is 29.8 Å². The van der Waals surface area contributed by atoms with Gasteiger partial charge in [0.2, 0.25) is 5.95 Å². The lowest BCUT2D eigenvalue weighted by atomic mass is 10.1. The molecule has 1 atom stereocenters. The predicted octanol–water partition coefficient (Wildman–Crippen LogP) is 1.93. The molecule has 0 aliphatic carbocycles. The number of carboxylic acid groups (broad SMARTS) is 1. The number of nitrogens with zero attached hydrogens (tertiary/aromatic N) is 4. The van der Waals surface area contributed by atoms with Crippen LogP contribution in [-0.4, -0.2) is 68.5 Å². The number of carboxylic acids is 1. The fraction of sp³-hybridized carbons (Fsp3) is 0.172. The highest BCUT2D eigenvalue weighted by atomic mass is 16.5. The molecule has 7 N–H and O–H groups in total. The Morgan fingerprint density at radius 1 is 0.953 bits per heavy atom. The number of benzene rings is 2. The Balaban J connectivity index is 1.33. The molecule has 0 aliphatic heterocycles. The van der Waals surface area contributed by atoms with E-state index >= 15 is 0 Å². The molecule has 4 aromatic rings. The van der Waals surface area contributed by atoms with Crippen LogP contribution in [0.5, 0.6) is 0 Å². The van der Waals surface area contributed by atoms with Crippen molar-refractivity contribution in [2.75, 3.05) is 25.1 Å². The van der Waals surface area contributed by atoms with E-state index in [1.165, 1.54) is 31.5 Å². The molecule has 14 nitrogen and oxygen atoms in total. The zero-order valence-corrected chi connectivity index (χ0v) is 23.0. The van der Waals surface area contributed by atoms with Crippen molar-refractivity contribution in [3.63, 3.8) is 0 Å². The number of aromatic nitrogens is 4. The first-order valence-electron chi connectivity index (χ1n) is 13.0. The molecule has 0 bridgehead atoms. The lowest BCUT2D eigenvalue weighted by molar-refractivity contribution is -0.143. The zero-order valence-electron chi connectivity index (χ0n) is 23.0. The van der Waals surface area contributed by atoms with Gasteiger partial charge in [-0.1, -0.05) is 30.3 Å². The van der Waals surface area contributed by atoms with Crippen LogP contribution in [-0.2, 0) is 9.53 Å². The number of fused-ring (bicyclic) bond motifs is 1. The van der Waals surface area contributed by atoms with Crippen molar-refractivity contribution in [2.45, 2.75) is 18.9 Å². The summed E-state index contributed by atoms with van der Waals surface area (Å²) in [6.07, 6.45) is 5.48. The van der Waals surface area contributed by atoms with E-state index in [4.69, 9.17) is 16.2 Å². The average Bonchev–Trinajstić information content (AvgIpc) is 3.01. The van der Waals surface area contributed by atoms with Gasteiger partial charge in [-0.3, -0.25) is 9.59 Å². The van der Waals surface area contributed by atoms with E-state index in [1.54, 1.807) is 42.5 Å². The Labute approximate surface area is 245 Å². The second-order valence-corrected chi connectivity index (χ2v) is 9.19. The smallest absolute Gasteiger partial charge is 0.336 e. The molecule has 0 saturated carbocycles. The van der Waals surface area contributed by atoms with E-state index in [0.717, 1.165) is 5.56 Å². The number of nitrogen functional groups attached to an aromatic ring is 2. The number of hydrogen-bond acceptors (Lipinski definition) is 11. The normalized spacial score (nSPS) is 11.7. The quantitative estimate of drug-likeness (QED) is 0.126. The van der Waals surface area contributed by atoms with Crippen LogP contribution in [0.4, 0.5) is 11.8 Å². The summed E-state index contributed by atoms with van der Waals surface area (Å²) in [7, 11) is 1.21. The van der Waals surface area contributed by atoms with Crippen molar-refractivity contribution in [2.24, 2.45) is 0 Å². The molecule has 2 heterocycles. The summed E-state index contributed by atoms with van der Waals surface area (Å²) in [4.78, 5) is 65.4. The van der Waals surface area contributed by atoms with E-state index in [1.807, 2.05) is 0 Å². The zero-order chi connectivity index (χ0) is 30.9. The number of amides is 2. The monoisotopic (exact) mass is 584 g/mol. The molecule has 2 amide bonds. The van der Waals surface area contributed by atoms with Crippen LogP contribution >= 0.6 is 0 Å². The molecule has 14 heteroatoms. The molecule has 0 spiro atoms. The van der Waals surface area contributed by atoms with Crippen molar-refractivity contribution in [1.82, 2.24) is 30.6 Å². The first kappa shape index (κ1) is 30.0. The summed E-state index contributed by atoms with van der Waals surface area (Å²) in [6.45, 7) is 0.145. The molecular weight excluding hydrogens is 556 g/mol. The molecule has 220 valence electrons. The fourth-order valence-corrected chi connectivity index (χ4v) is 4.07. The number of nitrogens with two attached hydrogens (primary N) is 2. The van der Waals surface area contributed by atoms with Crippen molar-refractivity contribution in [1.29, 1.82) is 0 Å². The molecule has 4 rings (SSSR count). The number of ether oxygens (including phenoxy) is 1. The van der Waals surface area contributed by atoms with E-state index in [9.17, 15) is 24.3 Å². The predicted molar refractivity (Wildman–Crippen MR) is 158 cm³/mol. The maximum Gasteiger partial charge on any atom is 0.336 e. The highest BCUT2D eigenvalue weighted by Gasteiger charge is 2.22. The maximum absolute atomic E-state index is 12.9. The van der Waals surface area contributed by atoms with Crippen LogP contribution in [0.15, 0.2) is 54.7 Å². The summed E-state index contributed by atoms with van der Waals surface area (Å²) in [5.41, 5.74) is 13.6. The van der Waals surface area contributed by atoms with Gasteiger partial charge in [-0.2, -0.15) is 9.97 Å². The first-order valence-corrected chi connectivity index (χ1v) is 13.0. The van der Waals surface area contributed by atoms with Crippen LogP contribution in [0.3, 0.4) is 0 Å². The summed E-state index contributed by atoms with van der Waals surface area (Å²) in [5, 5.41) is 14.6. The summed E-state index contributed by atoms with van der Waals surface area (Å²) >= 11 is 0. The molecule has 1 unspecified atom stereocenters. The minimum atomic E-state index is -1.21. The largest absolute Gasteiger partial charge is 0.478 e. The third-order valence-corrected chi connectivity index (χ3v) is 6.24. The molecule has 43 heavy (non-hydrogen) atoms. The first-order chi connectivity index (χ1) is 20.7. The molecular formula is C29H28N8O6. The Kier molecular flexibility index (Phi) is 9.52. The molecule has 0 radical (unpaired) electrons. The van der Waals surface area contributed by atoms with Gasteiger partial charge in [0.05, 0.1) is 30.1 Å². The number of hydrogen-bond donors (Lipinski definition) is 5. The molecule has 0 fully saturated rings. The van der Waals surface area contributed by atoms with Gasteiger partial charge in [0.25, 0.3) is 11.8 Å². The minimum absolute atomic E-state index is 0.00887. The minimum Gasteiger partial charge on any atom is -0.478 e. The fourth-order valence-electron chi connectivity index (χ4n) is 4.07. The van der Waals surface area contributed by atoms with E-state index in [0.29, 0.717) is 23.2 Å². The molecule has 0 aliphatic rings. The average molecular weight is 585 g/mol. The Morgan fingerprint density at radius 2 is 1.67 bits per heavy atom. The lowest BCUT2D eigenvalue weighted by Crippen LogP contribution is -2.42. The van der Waals surface area contributed by atoms with Gasteiger partial charge in [-0.15, -0.1) is 0 Å². The highest BCUT2D eigenvalue weighted by Crippen LogP contribution is 2.16.